The summed E-state index contributed by atoms with van der Waals surface area (Å²) in [5.41, 5.74) is 30.6. The second-order valence-electron chi connectivity index (χ2n) is 11.5. The number of aliphatic carboxylic acids is 4. The number of aromatic amines is 2. The number of rotatable bonds is 14. The highest BCUT2D eigenvalue weighted by Gasteiger charge is 2.17. The number of para-hydroxylation sites is 2. The molecule has 0 amide bonds. The predicted molar refractivity (Wildman–Crippen MR) is 189 cm³/mol. The number of carboxylic acids is 4. The SMILES string of the molecule is CCC(C)C(N)C(=O)O.NC(Cc1c[nH]c2ccccc12)C(=O)O.NC(Cc1c[nH]c2ccccc12)C(=O)O.NCCCCC(N)C(=O)O. The summed E-state index contributed by atoms with van der Waals surface area (Å²) >= 11 is 0. The van der Waals surface area contributed by atoms with Crippen LogP contribution in [0.25, 0.3) is 21.8 Å². The Morgan fingerprint density at radius 3 is 1.39 bits per heavy atom. The lowest BCUT2D eigenvalue weighted by molar-refractivity contribution is -0.140. The zero-order valence-corrected chi connectivity index (χ0v) is 27.9. The number of hydrogen-bond acceptors (Lipinski definition) is 9. The number of hydrogen-bond donors (Lipinski definition) is 11. The third-order valence-corrected chi connectivity index (χ3v) is 7.69. The fourth-order valence-electron chi connectivity index (χ4n) is 4.38. The van der Waals surface area contributed by atoms with Gasteiger partial charge in [-0.2, -0.15) is 0 Å². The molecule has 15 heteroatoms. The summed E-state index contributed by atoms with van der Waals surface area (Å²) in [6.45, 7) is 4.36. The highest BCUT2D eigenvalue weighted by atomic mass is 16.4. The lowest BCUT2D eigenvalue weighted by Crippen LogP contribution is -2.36. The maximum absolute atomic E-state index is 10.6. The molecule has 0 aliphatic rings. The molecule has 270 valence electrons. The quantitative estimate of drug-likeness (QED) is 0.0849. The van der Waals surface area contributed by atoms with Crippen molar-refractivity contribution in [2.45, 2.75) is 76.5 Å². The van der Waals surface area contributed by atoms with Crippen molar-refractivity contribution in [2.24, 2.45) is 34.6 Å². The summed E-state index contributed by atoms with van der Waals surface area (Å²) in [4.78, 5) is 47.7. The molecule has 0 saturated heterocycles. The van der Waals surface area contributed by atoms with Crippen molar-refractivity contribution in [1.82, 2.24) is 9.97 Å². The van der Waals surface area contributed by atoms with Crippen LogP contribution in [-0.2, 0) is 32.0 Å². The molecule has 2 aromatic carbocycles. The van der Waals surface area contributed by atoms with Gasteiger partial charge in [0.15, 0.2) is 0 Å². The molecule has 0 aliphatic heterocycles. The van der Waals surface area contributed by atoms with E-state index in [2.05, 4.69) is 9.97 Å². The molecule has 2 aromatic heterocycles. The Kier molecular flexibility index (Phi) is 18.9. The second-order valence-corrected chi connectivity index (χ2v) is 11.5. The van der Waals surface area contributed by atoms with Gasteiger partial charge in [0.05, 0.1) is 0 Å². The Balaban J connectivity index is 0.000000336. The molecule has 4 aromatic rings. The van der Waals surface area contributed by atoms with Gasteiger partial charge >= 0.3 is 23.9 Å². The molecule has 0 fully saturated rings. The summed E-state index contributed by atoms with van der Waals surface area (Å²) in [7, 11) is 0. The molecule has 0 saturated carbocycles. The summed E-state index contributed by atoms with van der Waals surface area (Å²) in [6.07, 6.45) is 7.30. The van der Waals surface area contributed by atoms with Gasteiger partial charge in [-0.1, -0.05) is 63.1 Å². The highest BCUT2D eigenvalue weighted by molar-refractivity contribution is 5.85. The van der Waals surface area contributed by atoms with Crippen molar-refractivity contribution in [2.75, 3.05) is 6.54 Å². The van der Waals surface area contributed by atoms with E-state index in [4.69, 9.17) is 49.1 Å². The minimum atomic E-state index is -0.972. The minimum Gasteiger partial charge on any atom is -0.480 e. The van der Waals surface area contributed by atoms with Crippen molar-refractivity contribution >= 4 is 45.7 Å². The lowest BCUT2D eigenvalue weighted by atomic mass is 10.0. The van der Waals surface area contributed by atoms with Crippen LogP contribution in [0.3, 0.4) is 0 Å². The number of unbranched alkanes of at least 4 members (excludes halogenated alkanes) is 1. The molecular formula is C34H51N7O8. The molecular weight excluding hydrogens is 634 g/mol. The molecule has 5 atom stereocenters. The van der Waals surface area contributed by atoms with Gasteiger partial charge in [0, 0.05) is 47.0 Å². The molecule has 2 heterocycles. The molecule has 0 bridgehead atoms. The number of benzene rings is 2. The molecule has 15 nitrogen and oxygen atoms in total. The van der Waals surface area contributed by atoms with E-state index in [0.29, 0.717) is 25.8 Å². The predicted octanol–water partition coefficient (Wildman–Crippen LogP) is 2.22. The molecule has 49 heavy (non-hydrogen) atoms. The first-order chi connectivity index (χ1) is 23.1. The van der Waals surface area contributed by atoms with E-state index >= 15 is 0 Å². The van der Waals surface area contributed by atoms with Gasteiger partial charge < -0.3 is 59.1 Å². The summed E-state index contributed by atoms with van der Waals surface area (Å²) < 4.78 is 0. The van der Waals surface area contributed by atoms with Crippen molar-refractivity contribution in [1.29, 1.82) is 0 Å². The zero-order valence-electron chi connectivity index (χ0n) is 27.9. The van der Waals surface area contributed by atoms with Gasteiger partial charge in [0.25, 0.3) is 0 Å². The third-order valence-electron chi connectivity index (χ3n) is 7.69. The van der Waals surface area contributed by atoms with Crippen LogP contribution < -0.4 is 28.7 Å². The van der Waals surface area contributed by atoms with E-state index in [9.17, 15) is 19.2 Å². The van der Waals surface area contributed by atoms with Gasteiger partial charge in [0.1, 0.15) is 24.2 Å². The number of carbonyl (C=O) groups is 4. The first kappa shape index (κ1) is 42.2. The van der Waals surface area contributed by atoms with Gasteiger partial charge in [-0.15, -0.1) is 0 Å². The van der Waals surface area contributed by atoms with Crippen LogP contribution in [0.15, 0.2) is 60.9 Å². The Hall–Kier alpha value is -4.80. The second kappa shape index (κ2) is 22.0. The number of nitrogens with two attached hydrogens (primary N) is 5. The first-order valence-electron chi connectivity index (χ1n) is 15.9. The first-order valence-corrected chi connectivity index (χ1v) is 15.9. The van der Waals surface area contributed by atoms with Crippen LogP contribution in [-0.4, -0.2) is 85.0 Å². The molecule has 16 N–H and O–H groups in total. The van der Waals surface area contributed by atoms with E-state index in [1.807, 2.05) is 74.8 Å². The number of nitrogens with one attached hydrogen (secondary N) is 2. The van der Waals surface area contributed by atoms with Crippen LogP contribution in [0.4, 0.5) is 0 Å². The Morgan fingerprint density at radius 1 is 0.653 bits per heavy atom. The maximum Gasteiger partial charge on any atom is 0.320 e. The molecule has 0 aliphatic carbocycles. The zero-order chi connectivity index (χ0) is 37.1. The standard InChI is InChI=1S/2C11H12N2O2.C6H14N2O2.C6H13NO2/c2*12-9(11(14)15)5-7-6-13-10-4-2-1-3-8(7)10;7-4-2-1-3-5(8)6(9)10;1-3-4(2)5(7)6(8)9/h2*1-4,6,9,13H,5,12H2,(H,14,15);5H,1-4,7-8H2,(H,9,10);4-5H,3,7H2,1-2H3,(H,8,9). The topological polar surface area (TPSA) is 311 Å². The van der Waals surface area contributed by atoms with E-state index in [-0.39, 0.29) is 5.92 Å². The van der Waals surface area contributed by atoms with Crippen molar-refractivity contribution < 1.29 is 39.6 Å². The minimum absolute atomic E-state index is 0.0718. The van der Waals surface area contributed by atoms with Crippen LogP contribution in [0.1, 0.15) is 50.7 Å². The van der Waals surface area contributed by atoms with Gasteiger partial charge in [-0.3, -0.25) is 19.2 Å². The molecule has 5 unspecified atom stereocenters. The highest BCUT2D eigenvalue weighted by Crippen LogP contribution is 2.19. The average Bonchev–Trinajstić information content (AvgIpc) is 3.68. The molecule has 0 spiro atoms. The van der Waals surface area contributed by atoms with Crippen molar-refractivity contribution in [3.05, 3.63) is 72.1 Å². The molecule has 4 rings (SSSR count). The largest absolute Gasteiger partial charge is 0.480 e. The average molecular weight is 686 g/mol. The number of aromatic nitrogens is 2. The molecule has 0 radical (unpaired) electrons. The Labute approximate surface area is 284 Å². The summed E-state index contributed by atoms with van der Waals surface area (Å²) in [6, 6.07) is 12.4. The maximum atomic E-state index is 10.6. The number of fused-ring (bicyclic) bond motifs is 2. The van der Waals surface area contributed by atoms with Crippen molar-refractivity contribution in [3.8, 4) is 0 Å². The van der Waals surface area contributed by atoms with E-state index in [1.54, 1.807) is 0 Å². The van der Waals surface area contributed by atoms with E-state index < -0.39 is 48.0 Å². The van der Waals surface area contributed by atoms with E-state index in [0.717, 1.165) is 52.2 Å². The van der Waals surface area contributed by atoms with Crippen LogP contribution in [0.2, 0.25) is 0 Å². The van der Waals surface area contributed by atoms with Gasteiger partial charge in [-0.25, -0.2) is 0 Å². The fourth-order valence-corrected chi connectivity index (χ4v) is 4.38. The Bertz CT molecular complexity index is 1510. The fraction of sp³-hybridized carbons (Fsp3) is 0.412. The number of H-pyrrole nitrogens is 2. The van der Waals surface area contributed by atoms with Gasteiger partial charge in [0.2, 0.25) is 0 Å². The van der Waals surface area contributed by atoms with Crippen molar-refractivity contribution in [3.63, 3.8) is 0 Å². The summed E-state index contributed by atoms with van der Waals surface area (Å²) in [5.74, 6) is -3.72. The van der Waals surface area contributed by atoms with Crippen LogP contribution in [0.5, 0.6) is 0 Å². The Morgan fingerprint density at radius 2 is 1.06 bits per heavy atom. The number of carboxylic acid groups (broad SMARTS) is 4. The normalized spacial score (nSPS) is 13.6. The lowest BCUT2D eigenvalue weighted by Gasteiger charge is -2.11. The van der Waals surface area contributed by atoms with Crippen LogP contribution >= 0.6 is 0 Å². The smallest absolute Gasteiger partial charge is 0.320 e. The van der Waals surface area contributed by atoms with Crippen LogP contribution in [0, 0.1) is 5.92 Å². The summed E-state index contributed by atoms with van der Waals surface area (Å²) in [5, 5.41) is 36.2. The third kappa shape index (κ3) is 14.9. The van der Waals surface area contributed by atoms with Gasteiger partial charge in [-0.05, 0) is 48.6 Å². The monoisotopic (exact) mass is 685 g/mol. The van der Waals surface area contributed by atoms with E-state index in [1.165, 1.54) is 0 Å².